The van der Waals surface area contributed by atoms with E-state index in [-0.39, 0.29) is 54.1 Å². The molecule has 1 heterocycles. The highest BCUT2D eigenvalue weighted by Crippen LogP contribution is 2.30. The van der Waals surface area contributed by atoms with Gasteiger partial charge in [-0.3, -0.25) is 19.2 Å². The lowest BCUT2D eigenvalue weighted by Crippen LogP contribution is -2.30. The van der Waals surface area contributed by atoms with Crippen LogP contribution in [0.2, 0.25) is 0 Å². The maximum atomic E-state index is 12.5. The molecule has 1 fully saturated rings. The third kappa shape index (κ3) is 25.8. The largest absolute Gasteiger partial charge is 0.469 e. The summed E-state index contributed by atoms with van der Waals surface area (Å²) in [6.45, 7) is 13.2. The number of esters is 4. The van der Waals surface area contributed by atoms with Crippen LogP contribution in [-0.2, 0) is 33.4 Å². The number of carbonyl (C=O) groups excluding carboxylic acids is 4. The van der Waals surface area contributed by atoms with Crippen molar-refractivity contribution in [3.8, 4) is 0 Å². The Labute approximate surface area is 354 Å². The molecule has 1 aliphatic rings. The van der Waals surface area contributed by atoms with E-state index in [0.29, 0.717) is 13.0 Å². The van der Waals surface area contributed by atoms with Crippen LogP contribution in [0.4, 0.5) is 0 Å². The van der Waals surface area contributed by atoms with E-state index in [2.05, 4.69) is 74.4 Å². The van der Waals surface area contributed by atoms with E-state index in [1.54, 1.807) is 0 Å². The molecule has 8 nitrogen and oxygen atoms in total. The first-order valence-electron chi connectivity index (χ1n) is 23.3. The summed E-state index contributed by atoms with van der Waals surface area (Å²) >= 11 is 0. The lowest BCUT2D eigenvalue weighted by Gasteiger charge is -2.19. The lowest BCUT2D eigenvalue weighted by molar-refractivity contribution is -0.154. The van der Waals surface area contributed by atoms with Crippen molar-refractivity contribution >= 4 is 23.9 Å². The number of nitrogens with one attached hydrogen (secondary N) is 1. The maximum Gasteiger partial charge on any atom is 0.317 e. The first-order valence-corrected chi connectivity index (χ1v) is 23.3. The van der Waals surface area contributed by atoms with Crippen LogP contribution in [0.3, 0.4) is 0 Å². The summed E-state index contributed by atoms with van der Waals surface area (Å²) in [6.07, 6.45) is 42.0. The summed E-state index contributed by atoms with van der Waals surface area (Å²) in [7, 11) is 1.46. The van der Waals surface area contributed by atoms with Gasteiger partial charge in [-0.2, -0.15) is 0 Å². The average molecular weight is 810 g/mol. The van der Waals surface area contributed by atoms with Gasteiger partial charge in [0, 0.05) is 12.1 Å². The number of cyclic esters (lactones) is 2. The fourth-order valence-electron chi connectivity index (χ4n) is 7.57. The predicted molar refractivity (Wildman–Crippen MR) is 239 cm³/mol. The Hall–Kier alpha value is -3.42. The highest BCUT2D eigenvalue weighted by molar-refractivity contribution is 5.94. The van der Waals surface area contributed by atoms with E-state index < -0.39 is 5.97 Å². The van der Waals surface area contributed by atoms with Gasteiger partial charge >= 0.3 is 23.9 Å². The fraction of sp³-hybridized carbons (Fsp3) is 0.720. The van der Waals surface area contributed by atoms with Gasteiger partial charge in [-0.15, -0.1) is 0 Å². The van der Waals surface area contributed by atoms with Gasteiger partial charge in [-0.1, -0.05) is 154 Å². The minimum Gasteiger partial charge on any atom is -0.469 e. The second-order valence-electron chi connectivity index (χ2n) is 16.1. The predicted octanol–water partition coefficient (Wildman–Crippen LogP) is 12.8. The Kier molecular flexibility index (Phi) is 32.2. The van der Waals surface area contributed by atoms with Crippen LogP contribution in [0.1, 0.15) is 188 Å². The van der Waals surface area contributed by atoms with Crippen molar-refractivity contribution in [3.63, 3.8) is 0 Å². The molecule has 0 amide bonds. The van der Waals surface area contributed by atoms with Gasteiger partial charge in [0.05, 0.1) is 31.9 Å². The van der Waals surface area contributed by atoms with Crippen molar-refractivity contribution in [1.29, 1.82) is 0 Å². The van der Waals surface area contributed by atoms with Gasteiger partial charge in [-0.05, 0) is 88.9 Å². The van der Waals surface area contributed by atoms with E-state index in [1.165, 1.54) is 58.5 Å². The van der Waals surface area contributed by atoms with Crippen LogP contribution in [-0.4, -0.2) is 43.6 Å². The number of hydrogen-bond acceptors (Lipinski definition) is 8. The molecule has 0 aromatic carbocycles. The topological polar surface area (TPSA) is 108 Å². The monoisotopic (exact) mass is 810 g/mol. The van der Waals surface area contributed by atoms with Gasteiger partial charge in [0.15, 0.2) is 0 Å². The smallest absolute Gasteiger partial charge is 0.317 e. The normalized spacial score (nSPS) is 16.7. The highest BCUT2D eigenvalue weighted by atomic mass is 16.6. The molecule has 8 heteroatoms. The number of methoxy groups -OCH3 is 1. The van der Waals surface area contributed by atoms with Crippen LogP contribution in [0.15, 0.2) is 60.9 Å². The number of unbranched alkanes of at least 4 members (excludes halogenated alkanes) is 14. The minimum atomic E-state index is -0.396. The van der Waals surface area contributed by atoms with Gasteiger partial charge < -0.3 is 19.5 Å². The zero-order chi connectivity index (χ0) is 42.6. The van der Waals surface area contributed by atoms with Crippen LogP contribution < -0.4 is 5.32 Å². The Balaban J connectivity index is 2.13. The zero-order valence-corrected chi connectivity index (χ0v) is 37.5. The van der Waals surface area contributed by atoms with Gasteiger partial charge in [-0.25, -0.2) is 0 Å². The number of allylic oxidation sites excluding steroid dienone is 9. The lowest BCUT2D eigenvalue weighted by atomic mass is 9.86. The van der Waals surface area contributed by atoms with E-state index in [1.807, 2.05) is 13.8 Å². The molecular formula is C50H83NO7. The summed E-state index contributed by atoms with van der Waals surface area (Å²) in [4.78, 5) is 48.5. The molecule has 0 radical (unpaired) electrons. The first kappa shape index (κ1) is 52.6. The molecule has 0 aromatic heterocycles. The molecule has 5 unspecified atom stereocenters. The third-order valence-corrected chi connectivity index (χ3v) is 11.4. The summed E-state index contributed by atoms with van der Waals surface area (Å²) < 4.78 is 15.6. The van der Waals surface area contributed by atoms with Crippen molar-refractivity contribution < 1.29 is 33.4 Å². The highest BCUT2D eigenvalue weighted by Gasteiger charge is 2.37. The van der Waals surface area contributed by atoms with Crippen molar-refractivity contribution in [3.05, 3.63) is 60.9 Å². The van der Waals surface area contributed by atoms with Gasteiger partial charge in [0.25, 0.3) is 0 Å². The molecule has 0 saturated carbocycles. The Morgan fingerprint density at radius 3 is 2.05 bits per heavy atom. The number of carbonyl (C=O) groups is 4. The molecule has 58 heavy (non-hydrogen) atoms. The molecular weight excluding hydrogens is 727 g/mol. The fourth-order valence-corrected chi connectivity index (χ4v) is 7.57. The average Bonchev–Trinajstić information content (AvgIpc) is 3.56. The quantitative estimate of drug-likeness (QED) is 0.0165. The van der Waals surface area contributed by atoms with Gasteiger partial charge in [0.2, 0.25) is 0 Å². The van der Waals surface area contributed by atoms with Crippen molar-refractivity contribution in [2.75, 3.05) is 13.7 Å². The summed E-state index contributed by atoms with van der Waals surface area (Å²) in [6, 6.07) is 0. The zero-order valence-electron chi connectivity index (χ0n) is 37.5. The number of rotatable bonds is 37. The molecule has 1 saturated heterocycles. The third-order valence-electron chi connectivity index (χ3n) is 11.4. The van der Waals surface area contributed by atoms with Crippen LogP contribution in [0.5, 0.6) is 0 Å². The minimum absolute atomic E-state index is 0.0674. The Morgan fingerprint density at radius 2 is 1.41 bits per heavy atom. The molecule has 1 N–H and O–H groups in total. The Bertz CT molecular complexity index is 1250. The Morgan fingerprint density at radius 1 is 0.759 bits per heavy atom. The second kappa shape index (κ2) is 35.5. The molecule has 5 atom stereocenters. The molecule has 0 bridgehead atoms. The molecule has 0 spiro atoms. The van der Waals surface area contributed by atoms with Crippen LogP contribution >= 0.6 is 0 Å². The molecule has 330 valence electrons. The van der Waals surface area contributed by atoms with Crippen LogP contribution in [0.25, 0.3) is 0 Å². The summed E-state index contributed by atoms with van der Waals surface area (Å²) in [5.74, 6) is -1.14. The van der Waals surface area contributed by atoms with E-state index in [4.69, 9.17) is 14.2 Å². The number of hydrogen-bond donors (Lipinski definition) is 1. The van der Waals surface area contributed by atoms with Crippen LogP contribution in [0, 0.1) is 23.7 Å². The molecule has 0 aromatic rings. The van der Waals surface area contributed by atoms with Crippen molar-refractivity contribution in [2.45, 2.75) is 194 Å². The van der Waals surface area contributed by atoms with Crippen molar-refractivity contribution in [2.24, 2.45) is 23.7 Å². The van der Waals surface area contributed by atoms with E-state index in [9.17, 15) is 19.2 Å². The van der Waals surface area contributed by atoms with E-state index in [0.717, 1.165) is 102 Å². The van der Waals surface area contributed by atoms with E-state index >= 15 is 0 Å². The van der Waals surface area contributed by atoms with Crippen molar-refractivity contribution in [1.82, 2.24) is 5.32 Å². The molecule has 1 rings (SSSR count). The first-order chi connectivity index (χ1) is 28.2. The van der Waals surface area contributed by atoms with Gasteiger partial charge in [0.1, 0.15) is 6.10 Å². The standard InChI is InChI=1S/C50H83NO7/c1-7-11-12-13-25-31-36-43(46-39-48(53)58-50(46)55)37-32-27-22-23-28-33-38-47(52)57-44(9-3)40-51-41(5)34-29-24-20-18-16-14-15-17-19-21-26-30-35-42(8-2)45(10-4)49(54)56-6/h15,17,21,26,30,32,35,37,42-46,51H,5,7-14,16,18-20,22-25,27-29,31,33-34,36,38-40H2,1-4,6H3/b17-15-,26-21-,35-30+,37-32+. The summed E-state index contributed by atoms with van der Waals surface area (Å²) in [5.41, 5.74) is 1.01. The molecule has 1 aliphatic heterocycles. The number of ether oxygens (including phenoxy) is 3. The SMILES string of the molecule is C=C(CCCCCCC/C=C\C/C=C\C=C\C(CC)C(CC)C(=O)OC)NCC(CC)OC(=O)CCCCCC/C=C/C(CCCCCCCC)C1CC(=O)OC1=O. The summed E-state index contributed by atoms with van der Waals surface area (Å²) in [5, 5.41) is 3.39. The molecule has 0 aliphatic carbocycles. The second-order valence-corrected chi connectivity index (χ2v) is 16.1. The maximum absolute atomic E-state index is 12.5.